The van der Waals surface area contributed by atoms with Crippen LogP contribution in [0.2, 0.25) is 0 Å². The van der Waals surface area contributed by atoms with Crippen LogP contribution < -0.4 is 10.6 Å². The predicted octanol–water partition coefficient (Wildman–Crippen LogP) is 2.72. The molecule has 2 N–H and O–H groups in total. The Hall–Kier alpha value is -3.60. The van der Waals surface area contributed by atoms with Gasteiger partial charge in [-0.2, -0.15) is 0 Å². The highest BCUT2D eigenvalue weighted by molar-refractivity contribution is 5.92. The maximum Gasteiger partial charge on any atom is 0.287 e. The third kappa shape index (κ3) is 5.26. The van der Waals surface area contributed by atoms with Gasteiger partial charge in [0.1, 0.15) is 12.0 Å². The predicted molar refractivity (Wildman–Crippen MR) is 110 cm³/mol. The van der Waals surface area contributed by atoms with Crippen LogP contribution in [0.15, 0.2) is 36.5 Å². The number of nitro groups is 2. The number of carbonyl (C=O) groups excluding carboxylic acids is 1. The van der Waals surface area contributed by atoms with E-state index in [1.807, 2.05) is 0 Å². The number of anilines is 2. The molecule has 1 amide bonds. The molecule has 1 aromatic carbocycles. The van der Waals surface area contributed by atoms with Gasteiger partial charge in [0, 0.05) is 44.2 Å². The minimum Gasteiger partial charge on any atom is -0.366 e. The number of carbonyl (C=O) groups is 1. The molecule has 1 saturated heterocycles. The summed E-state index contributed by atoms with van der Waals surface area (Å²) >= 11 is 0. The van der Waals surface area contributed by atoms with E-state index in [0.717, 1.165) is 19.5 Å². The van der Waals surface area contributed by atoms with Crippen LogP contribution in [0.1, 0.15) is 18.4 Å². The molecule has 1 atom stereocenters. The molecule has 1 aliphatic rings. The van der Waals surface area contributed by atoms with E-state index in [0.29, 0.717) is 23.6 Å². The van der Waals surface area contributed by atoms with Gasteiger partial charge in [-0.3, -0.25) is 25.0 Å². The van der Waals surface area contributed by atoms with E-state index in [9.17, 15) is 25.0 Å². The van der Waals surface area contributed by atoms with E-state index in [1.165, 1.54) is 18.3 Å². The molecule has 2 heterocycles. The molecule has 0 radical (unpaired) electrons. The summed E-state index contributed by atoms with van der Waals surface area (Å²) < 4.78 is 0. The van der Waals surface area contributed by atoms with Crippen LogP contribution in [0.25, 0.3) is 0 Å². The summed E-state index contributed by atoms with van der Waals surface area (Å²) in [7, 11) is 0. The highest BCUT2D eigenvalue weighted by Crippen LogP contribution is 2.25. The molecule has 1 unspecified atom stereocenters. The third-order valence-electron chi connectivity index (χ3n) is 5.01. The number of nitrogens with one attached hydrogen (secondary N) is 2. The average Bonchev–Trinajstić information content (AvgIpc) is 3.15. The van der Waals surface area contributed by atoms with Crippen molar-refractivity contribution in [2.45, 2.75) is 25.8 Å². The number of rotatable bonds is 8. The quantitative estimate of drug-likeness (QED) is 0.496. The molecule has 1 aliphatic heterocycles. The van der Waals surface area contributed by atoms with E-state index in [1.54, 1.807) is 25.1 Å². The summed E-state index contributed by atoms with van der Waals surface area (Å²) in [6, 6.07) is 7.72. The topological polar surface area (TPSA) is 144 Å². The molecule has 0 spiro atoms. The lowest BCUT2D eigenvalue weighted by Gasteiger charge is -2.17. The Balaban J connectivity index is 1.46. The summed E-state index contributed by atoms with van der Waals surface area (Å²) in [4.78, 5) is 39.2. The van der Waals surface area contributed by atoms with Crippen LogP contribution in [0.3, 0.4) is 0 Å². The first-order valence-corrected chi connectivity index (χ1v) is 9.46. The lowest BCUT2D eigenvalue weighted by atomic mass is 10.1. The number of likely N-dealkylation sites (tertiary alicyclic amines) is 1. The standard InChI is InChI=1S/C19H22N6O5/c1-13-16(3-2-4-17(13)25(29)30)22-19(26)8-10-23-9-7-14(12-23)21-18-6-5-15(11-20-18)24(27)28/h2-6,11,14H,7-10,12H2,1H3,(H,20,21)(H,22,26). The molecule has 11 heteroatoms. The van der Waals surface area contributed by atoms with Crippen LogP contribution >= 0.6 is 0 Å². The fourth-order valence-electron chi connectivity index (χ4n) is 3.37. The van der Waals surface area contributed by atoms with Crippen molar-refractivity contribution < 1.29 is 14.6 Å². The van der Waals surface area contributed by atoms with Crippen molar-refractivity contribution in [3.05, 3.63) is 62.3 Å². The first-order valence-electron chi connectivity index (χ1n) is 9.46. The maximum atomic E-state index is 12.3. The molecular formula is C19H22N6O5. The van der Waals surface area contributed by atoms with E-state index >= 15 is 0 Å². The van der Waals surface area contributed by atoms with Crippen molar-refractivity contribution in [1.82, 2.24) is 9.88 Å². The van der Waals surface area contributed by atoms with E-state index in [-0.39, 0.29) is 29.7 Å². The van der Waals surface area contributed by atoms with Crippen molar-refractivity contribution >= 4 is 28.8 Å². The van der Waals surface area contributed by atoms with Crippen molar-refractivity contribution in [2.75, 3.05) is 30.3 Å². The van der Waals surface area contributed by atoms with Crippen LogP contribution in [0, 0.1) is 27.2 Å². The zero-order valence-corrected chi connectivity index (χ0v) is 16.4. The molecule has 0 bridgehead atoms. The number of aromatic nitrogens is 1. The largest absolute Gasteiger partial charge is 0.366 e. The highest BCUT2D eigenvalue weighted by atomic mass is 16.6. The van der Waals surface area contributed by atoms with E-state index in [4.69, 9.17) is 0 Å². The SMILES string of the molecule is Cc1c(NC(=O)CCN2CCC(Nc3ccc([N+](=O)[O-])cn3)C2)cccc1[N+](=O)[O-]. The third-order valence-corrected chi connectivity index (χ3v) is 5.01. The van der Waals surface area contributed by atoms with Crippen LogP contribution in [0.4, 0.5) is 22.9 Å². The van der Waals surface area contributed by atoms with Gasteiger partial charge in [0.25, 0.3) is 11.4 Å². The zero-order valence-electron chi connectivity index (χ0n) is 16.4. The maximum absolute atomic E-state index is 12.3. The molecule has 2 aromatic rings. The summed E-state index contributed by atoms with van der Waals surface area (Å²) in [5.74, 6) is 0.374. The van der Waals surface area contributed by atoms with E-state index < -0.39 is 9.85 Å². The molecule has 1 fully saturated rings. The van der Waals surface area contributed by atoms with Crippen molar-refractivity contribution in [3.63, 3.8) is 0 Å². The molecule has 0 aliphatic carbocycles. The van der Waals surface area contributed by atoms with E-state index in [2.05, 4.69) is 20.5 Å². The Labute approximate surface area is 172 Å². The monoisotopic (exact) mass is 414 g/mol. The number of pyridine rings is 1. The summed E-state index contributed by atoms with van der Waals surface area (Å²) in [6.07, 6.45) is 2.35. The Kier molecular flexibility index (Phi) is 6.52. The molecule has 0 saturated carbocycles. The van der Waals surface area contributed by atoms with Gasteiger partial charge in [-0.05, 0) is 25.5 Å². The number of hydrogen-bond acceptors (Lipinski definition) is 8. The second kappa shape index (κ2) is 9.27. The fourth-order valence-corrected chi connectivity index (χ4v) is 3.37. The number of nitrogens with zero attached hydrogens (tertiary/aromatic N) is 4. The summed E-state index contributed by atoms with van der Waals surface area (Å²) in [6.45, 7) is 3.71. The molecule has 11 nitrogen and oxygen atoms in total. The Bertz CT molecular complexity index is 949. The second-order valence-electron chi connectivity index (χ2n) is 7.09. The van der Waals surface area contributed by atoms with Gasteiger partial charge in [0.15, 0.2) is 0 Å². The van der Waals surface area contributed by atoms with Gasteiger partial charge in [-0.25, -0.2) is 4.98 Å². The molecule has 3 rings (SSSR count). The molecule has 30 heavy (non-hydrogen) atoms. The second-order valence-corrected chi connectivity index (χ2v) is 7.09. The van der Waals surface area contributed by atoms with Crippen LogP contribution in [-0.4, -0.2) is 51.3 Å². The van der Waals surface area contributed by atoms with Crippen molar-refractivity contribution in [1.29, 1.82) is 0 Å². The first kappa shape index (κ1) is 21.1. The summed E-state index contributed by atoms with van der Waals surface area (Å²) in [5, 5.41) is 27.7. The molecule has 1 aromatic heterocycles. The lowest BCUT2D eigenvalue weighted by Crippen LogP contribution is -2.29. The number of benzene rings is 1. The minimum absolute atomic E-state index is 0.0267. The summed E-state index contributed by atoms with van der Waals surface area (Å²) in [5.41, 5.74) is 0.788. The Morgan fingerprint density at radius 3 is 2.70 bits per heavy atom. The molecule has 158 valence electrons. The zero-order chi connectivity index (χ0) is 21.7. The van der Waals surface area contributed by atoms with Gasteiger partial charge >= 0.3 is 0 Å². The van der Waals surface area contributed by atoms with Gasteiger partial charge in [0.2, 0.25) is 5.91 Å². The lowest BCUT2D eigenvalue weighted by molar-refractivity contribution is -0.385. The van der Waals surface area contributed by atoms with Gasteiger partial charge < -0.3 is 15.5 Å². The van der Waals surface area contributed by atoms with Crippen molar-refractivity contribution in [3.8, 4) is 0 Å². The minimum atomic E-state index is -0.492. The Morgan fingerprint density at radius 1 is 1.23 bits per heavy atom. The number of nitro benzene ring substituents is 1. The fraction of sp³-hybridized carbons (Fsp3) is 0.368. The van der Waals surface area contributed by atoms with Gasteiger partial charge in [0.05, 0.1) is 21.1 Å². The first-order chi connectivity index (χ1) is 14.3. The number of hydrogen-bond donors (Lipinski definition) is 2. The van der Waals surface area contributed by atoms with Crippen molar-refractivity contribution in [2.24, 2.45) is 0 Å². The van der Waals surface area contributed by atoms with Crippen LogP contribution in [0.5, 0.6) is 0 Å². The van der Waals surface area contributed by atoms with Gasteiger partial charge in [-0.15, -0.1) is 0 Å². The average molecular weight is 414 g/mol. The molecular weight excluding hydrogens is 392 g/mol. The smallest absolute Gasteiger partial charge is 0.287 e. The van der Waals surface area contributed by atoms with Gasteiger partial charge in [-0.1, -0.05) is 6.07 Å². The highest BCUT2D eigenvalue weighted by Gasteiger charge is 2.23. The number of amides is 1. The normalized spacial score (nSPS) is 16.2. The van der Waals surface area contributed by atoms with Crippen LogP contribution in [-0.2, 0) is 4.79 Å². The Morgan fingerprint density at radius 2 is 2.03 bits per heavy atom.